The van der Waals surface area contributed by atoms with Gasteiger partial charge in [0.15, 0.2) is 4.77 Å². The maximum Gasteiger partial charge on any atom is 0.431 e. The minimum Gasteiger partial charge on any atom is -0.327 e. The van der Waals surface area contributed by atoms with Crippen LogP contribution in [0.15, 0.2) is 18.3 Å². The Morgan fingerprint density at radius 3 is 2.67 bits per heavy atom. The van der Waals surface area contributed by atoms with Crippen LogP contribution in [0.5, 0.6) is 0 Å². The number of halogens is 3. The van der Waals surface area contributed by atoms with Crippen molar-refractivity contribution in [1.29, 1.82) is 0 Å². The number of nitrogens with zero attached hydrogens (tertiary/aromatic N) is 3. The van der Waals surface area contributed by atoms with E-state index in [1.807, 2.05) is 11.9 Å². The highest BCUT2D eigenvalue weighted by Crippen LogP contribution is 2.29. The summed E-state index contributed by atoms with van der Waals surface area (Å²) >= 11 is 4.69. The molecule has 0 fully saturated rings. The molecule has 0 spiro atoms. The predicted octanol–water partition coefficient (Wildman–Crippen LogP) is 3.04. The van der Waals surface area contributed by atoms with Crippen molar-refractivity contribution in [3.63, 3.8) is 0 Å². The smallest absolute Gasteiger partial charge is 0.327 e. The summed E-state index contributed by atoms with van der Waals surface area (Å²) in [5.74, 6) is 0. The van der Waals surface area contributed by atoms with E-state index in [4.69, 9.17) is 0 Å². The molecule has 8 heteroatoms. The van der Waals surface area contributed by atoms with Gasteiger partial charge in [-0.05, 0) is 31.3 Å². The van der Waals surface area contributed by atoms with Crippen LogP contribution in [0.2, 0.25) is 0 Å². The Hall–Kier alpha value is -1.70. The van der Waals surface area contributed by atoms with Crippen LogP contribution in [0.1, 0.15) is 12.6 Å². The molecule has 18 heavy (non-hydrogen) atoms. The Balaban J connectivity index is 2.51. The van der Waals surface area contributed by atoms with E-state index >= 15 is 0 Å². The zero-order chi connectivity index (χ0) is 13.3. The van der Waals surface area contributed by atoms with E-state index in [1.54, 1.807) is 16.9 Å². The molecule has 0 atom stereocenters. The topological polar surface area (TPSA) is 46.5 Å². The van der Waals surface area contributed by atoms with E-state index in [9.17, 15) is 13.2 Å². The van der Waals surface area contributed by atoms with Crippen LogP contribution >= 0.6 is 12.2 Å². The van der Waals surface area contributed by atoms with Crippen molar-refractivity contribution in [2.45, 2.75) is 19.6 Å². The summed E-state index contributed by atoms with van der Waals surface area (Å²) in [5, 5.41) is 4.09. The fourth-order valence-electron chi connectivity index (χ4n) is 1.42. The number of aromatic nitrogens is 4. The molecule has 0 bridgehead atoms. The maximum atomic E-state index is 12.6. The van der Waals surface area contributed by atoms with Gasteiger partial charge in [0.25, 0.3) is 0 Å². The van der Waals surface area contributed by atoms with Crippen molar-refractivity contribution in [2.75, 3.05) is 0 Å². The summed E-state index contributed by atoms with van der Waals surface area (Å²) in [5.41, 5.74) is -0.454. The molecule has 0 aliphatic rings. The molecule has 0 saturated carbocycles. The summed E-state index contributed by atoms with van der Waals surface area (Å²) in [7, 11) is 0. The summed E-state index contributed by atoms with van der Waals surface area (Å²) in [6.45, 7) is 2.51. The molecule has 2 heterocycles. The molecule has 4 nitrogen and oxygen atoms in total. The van der Waals surface area contributed by atoms with Crippen molar-refractivity contribution in [3.05, 3.63) is 28.8 Å². The zero-order valence-electron chi connectivity index (χ0n) is 9.32. The largest absolute Gasteiger partial charge is 0.431 e. The summed E-state index contributed by atoms with van der Waals surface area (Å²) in [6.07, 6.45) is -2.82. The van der Waals surface area contributed by atoms with Crippen LogP contribution in [0, 0.1) is 4.77 Å². The number of rotatable bonds is 2. The van der Waals surface area contributed by atoms with Gasteiger partial charge in [-0.2, -0.15) is 18.3 Å². The molecular formula is C10H9F3N4S. The Kier molecular flexibility index (Phi) is 3.20. The minimum atomic E-state index is -4.49. The number of alkyl halides is 3. The van der Waals surface area contributed by atoms with Crippen molar-refractivity contribution in [1.82, 2.24) is 19.7 Å². The second-order valence-electron chi connectivity index (χ2n) is 3.54. The molecular weight excluding hydrogens is 265 g/mol. The first-order chi connectivity index (χ1) is 8.40. The van der Waals surface area contributed by atoms with E-state index in [0.717, 1.165) is 6.07 Å². The van der Waals surface area contributed by atoms with Crippen LogP contribution in [0.3, 0.4) is 0 Å². The lowest BCUT2D eigenvalue weighted by atomic mass is 10.2. The van der Waals surface area contributed by atoms with E-state index < -0.39 is 11.9 Å². The molecule has 2 aromatic rings. The van der Waals surface area contributed by atoms with Crippen molar-refractivity contribution in [2.24, 2.45) is 0 Å². The number of aryl methyl sites for hydroxylation is 1. The van der Waals surface area contributed by atoms with Gasteiger partial charge in [0.1, 0.15) is 11.4 Å². The molecule has 0 aromatic carbocycles. The van der Waals surface area contributed by atoms with Crippen molar-refractivity contribution < 1.29 is 13.2 Å². The monoisotopic (exact) mass is 274 g/mol. The van der Waals surface area contributed by atoms with Crippen molar-refractivity contribution >= 4 is 12.2 Å². The third-order valence-electron chi connectivity index (χ3n) is 2.28. The van der Waals surface area contributed by atoms with Crippen LogP contribution < -0.4 is 0 Å². The molecule has 0 unspecified atom stereocenters. The van der Waals surface area contributed by atoms with E-state index in [0.29, 0.717) is 12.2 Å². The van der Waals surface area contributed by atoms with Gasteiger partial charge in [-0.25, -0.2) is 4.98 Å². The predicted molar refractivity (Wildman–Crippen MR) is 61.3 cm³/mol. The summed E-state index contributed by atoms with van der Waals surface area (Å²) in [4.78, 5) is 5.87. The third kappa shape index (κ3) is 2.58. The van der Waals surface area contributed by atoms with Gasteiger partial charge in [-0.1, -0.05) is 0 Å². The van der Waals surface area contributed by atoms with E-state index in [1.165, 1.54) is 0 Å². The summed E-state index contributed by atoms with van der Waals surface area (Å²) < 4.78 is 39.2. The number of hydrogen-bond acceptors (Lipinski definition) is 3. The third-order valence-corrected chi connectivity index (χ3v) is 2.47. The lowest BCUT2D eigenvalue weighted by Crippen LogP contribution is -2.09. The molecule has 1 N–H and O–H groups in total. The minimum absolute atomic E-state index is 0.110. The maximum absolute atomic E-state index is 12.6. The van der Waals surface area contributed by atoms with Crippen LogP contribution in [0.25, 0.3) is 11.4 Å². The Morgan fingerprint density at radius 2 is 2.11 bits per heavy atom. The van der Waals surface area contributed by atoms with Gasteiger partial charge < -0.3 is 4.98 Å². The fraction of sp³-hybridized carbons (Fsp3) is 0.300. The molecule has 0 amide bonds. The van der Waals surface area contributed by atoms with Crippen LogP contribution in [-0.4, -0.2) is 19.7 Å². The Morgan fingerprint density at radius 1 is 1.39 bits per heavy atom. The number of nitrogens with one attached hydrogen (secondary N) is 1. The molecule has 0 aliphatic carbocycles. The van der Waals surface area contributed by atoms with Crippen molar-refractivity contribution in [3.8, 4) is 11.4 Å². The SMILES string of the molecule is CCn1ccc(-c2cc(C(F)(F)F)[nH]c(=S)n2)n1. The van der Waals surface area contributed by atoms with Crippen LogP contribution in [0.4, 0.5) is 13.2 Å². The summed E-state index contributed by atoms with van der Waals surface area (Å²) in [6, 6.07) is 2.50. The molecule has 2 aromatic heterocycles. The zero-order valence-corrected chi connectivity index (χ0v) is 10.1. The first kappa shape index (κ1) is 12.7. The molecule has 0 radical (unpaired) electrons. The Bertz CT molecular complexity index is 614. The first-order valence-corrected chi connectivity index (χ1v) is 5.53. The Labute approximate surface area is 105 Å². The lowest BCUT2D eigenvalue weighted by Gasteiger charge is -2.07. The highest BCUT2D eigenvalue weighted by molar-refractivity contribution is 7.71. The van der Waals surface area contributed by atoms with Gasteiger partial charge >= 0.3 is 6.18 Å². The highest BCUT2D eigenvalue weighted by Gasteiger charge is 2.32. The lowest BCUT2D eigenvalue weighted by molar-refractivity contribution is -0.141. The van der Waals surface area contributed by atoms with Gasteiger partial charge in [-0.3, -0.25) is 4.68 Å². The average Bonchev–Trinajstić information content (AvgIpc) is 2.75. The van der Waals surface area contributed by atoms with Gasteiger partial charge in [0, 0.05) is 12.7 Å². The molecule has 0 aliphatic heterocycles. The van der Waals surface area contributed by atoms with Gasteiger partial charge in [-0.15, -0.1) is 0 Å². The average molecular weight is 274 g/mol. The standard InChI is InChI=1S/C10H9F3N4S/c1-2-17-4-3-6(16-17)7-5-8(10(11,12)13)15-9(18)14-7/h3-5H,2H2,1H3,(H,14,15,18). The first-order valence-electron chi connectivity index (χ1n) is 5.12. The molecule has 2 rings (SSSR count). The molecule has 96 valence electrons. The number of hydrogen-bond donors (Lipinski definition) is 1. The van der Waals surface area contributed by atoms with Gasteiger partial charge in [0.2, 0.25) is 0 Å². The highest BCUT2D eigenvalue weighted by atomic mass is 32.1. The normalized spacial score (nSPS) is 11.8. The van der Waals surface area contributed by atoms with E-state index in [-0.39, 0.29) is 10.5 Å². The fourth-order valence-corrected chi connectivity index (χ4v) is 1.62. The van der Waals surface area contributed by atoms with Crippen LogP contribution in [-0.2, 0) is 12.7 Å². The van der Waals surface area contributed by atoms with Gasteiger partial charge in [0.05, 0.1) is 5.69 Å². The number of aromatic amines is 1. The number of H-pyrrole nitrogens is 1. The molecule has 0 saturated heterocycles. The second kappa shape index (κ2) is 4.52. The second-order valence-corrected chi connectivity index (χ2v) is 3.93. The quantitative estimate of drug-likeness (QED) is 0.856. The van der Waals surface area contributed by atoms with E-state index in [2.05, 4.69) is 22.3 Å².